The van der Waals surface area contributed by atoms with Crippen molar-refractivity contribution in [3.8, 4) is 5.75 Å². The van der Waals surface area contributed by atoms with Gasteiger partial charge in [-0.3, -0.25) is 9.59 Å². The Labute approximate surface area is 183 Å². The molecule has 0 bridgehead atoms. The van der Waals surface area contributed by atoms with Gasteiger partial charge < -0.3 is 10.1 Å². The number of imide groups is 1. The number of methoxy groups -OCH3 is 1. The van der Waals surface area contributed by atoms with Crippen molar-refractivity contribution < 1.29 is 23.1 Å². The fourth-order valence-corrected chi connectivity index (χ4v) is 3.51. The van der Waals surface area contributed by atoms with Crippen LogP contribution in [0.1, 0.15) is 16.7 Å². The minimum Gasteiger partial charge on any atom is -0.497 e. The first-order valence-electron chi connectivity index (χ1n) is 9.87. The van der Waals surface area contributed by atoms with Crippen LogP contribution in [-0.2, 0) is 9.59 Å². The van der Waals surface area contributed by atoms with E-state index < -0.39 is 23.4 Å². The fourth-order valence-electron chi connectivity index (χ4n) is 3.51. The molecule has 0 saturated heterocycles. The quantitative estimate of drug-likeness (QED) is 0.575. The molecule has 1 aliphatic rings. The number of rotatable bonds is 5. The Kier molecular flexibility index (Phi) is 5.48. The molecular weight excluding hydrogens is 414 g/mol. The maximum absolute atomic E-state index is 13.9. The number of aryl methyl sites for hydroxylation is 2. The Bertz CT molecular complexity index is 1280. The van der Waals surface area contributed by atoms with Gasteiger partial charge in [-0.25, -0.2) is 13.7 Å². The van der Waals surface area contributed by atoms with Gasteiger partial charge in [-0.2, -0.15) is 0 Å². The molecule has 0 aliphatic carbocycles. The zero-order valence-electron chi connectivity index (χ0n) is 17.7. The summed E-state index contributed by atoms with van der Waals surface area (Å²) in [6, 6.07) is 15.2. The molecule has 0 aromatic heterocycles. The summed E-state index contributed by atoms with van der Waals surface area (Å²) in [5.41, 5.74) is 3.19. The molecule has 1 aliphatic heterocycles. The molecule has 0 atom stereocenters. The number of halogens is 2. The number of benzene rings is 3. The van der Waals surface area contributed by atoms with Crippen molar-refractivity contribution in [1.82, 2.24) is 0 Å². The van der Waals surface area contributed by atoms with Crippen LogP contribution in [0.2, 0.25) is 0 Å². The van der Waals surface area contributed by atoms with E-state index in [1.54, 1.807) is 30.3 Å². The van der Waals surface area contributed by atoms with E-state index in [0.29, 0.717) is 17.0 Å². The maximum atomic E-state index is 13.9. The highest BCUT2D eigenvalue weighted by atomic mass is 19.2. The molecule has 0 spiro atoms. The van der Waals surface area contributed by atoms with Crippen molar-refractivity contribution >= 4 is 28.8 Å². The number of ether oxygens (including phenoxy) is 1. The summed E-state index contributed by atoms with van der Waals surface area (Å²) >= 11 is 0. The molecule has 32 heavy (non-hydrogen) atoms. The van der Waals surface area contributed by atoms with E-state index in [-0.39, 0.29) is 17.0 Å². The monoisotopic (exact) mass is 434 g/mol. The van der Waals surface area contributed by atoms with E-state index in [1.807, 2.05) is 26.0 Å². The molecule has 1 heterocycles. The Morgan fingerprint density at radius 2 is 1.62 bits per heavy atom. The fraction of sp³-hybridized carbons (Fsp3) is 0.120. The van der Waals surface area contributed by atoms with Crippen molar-refractivity contribution in [2.75, 3.05) is 17.3 Å². The van der Waals surface area contributed by atoms with Gasteiger partial charge in [0.15, 0.2) is 11.6 Å². The molecule has 4 rings (SSSR count). The van der Waals surface area contributed by atoms with Gasteiger partial charge in [-0.05, 0) is 54.8 Å². The first kappa shape index (κ1) is 21.2. The SMILES string of the molecule is COc1cccc(NC2=C(c3ccc(C)c(C)c3)C(=O)N(c3ccc(F)c(F)c3)C2=O)c1. The van der Waals surface area contributed by atoms with Crippen LogP contribution in [0.25, 0.3) is 5.57 Å². The summed E-state index contributed by atoms with van der Waals surface area (Å²) in [6.45, 7) is 3.85. The molecule has 3 aromatic carbocycles. The average molecular weight is 434 g/mol. The van der Waals surface area contributed by atoms with Crippen LogP contribution < -0.4 is 15.0 Å². The Balaban J connectivity index is 1.84. The maximum Gasteiger partial charge on any atom is 0.282 e. The molecule has 0 saturated carbocycles. The van der Waals surface area contributed by atoms with E-state index in [1.165, 1.54) is 13.2 Å². The summed E-state index contributed by atoms with van der Waals surface area (Å²) in [5, 5.41) is 3.02. The number of carbonyl (C=O) groups is 2. The number of hydrogen-bond acceptors (Lipinski definition) is 4. The Hall–Kier alpha value is -4.00. The molecule has 1 N–H and O–H groups in total. The van der Waals surface area contributed by atoms with Crippen molar-refractivity contribution in [2.45, 2.75) is 13.8 Å². The molecule has 0 radical (unpaired) electrons. The second-order valence-corrected chi connectivity index (χ2v) is 7.45. The number of hydrogen-bond donors (Lipinski definition) is 1. The summed E-state index contributed by atoms with van der Waals surface area (Å²) in [7, 11) is 1.52. The number of anilines is 2. The predicted molar refractivity (Wildman–Crippen MR) is 118 cm³/mol. The van der Waals surface area contributed by atoms with Gasteiger partial charge in [0.25, 0.3) is 11.8 Å². The third-order valence-electron chi connectivity index (χ3n) is 5.38. The summed E-state index contributed by atoms with van der Waals surface area (Å²) < 4.78 is 32.5. The van der Waals surface area contributed by atoms with Crippen molar-refractivity contribution in [3.63, 3.8) is 0 Å². The lowest BCUT2D eigenvalue weighted by molar-refractivity contribution is -0.120. The highest BCUT2D eigenvalue weighted by Gasteiger charge is 2.40. The van der Waals surface area contributed by atoms with Gasteiger partial charge >= 0.3 is 0 Å². The van der Waals surface area contributed by atoms with Crippen LogP contribution in [0.15, 0.2) is 66.4 Å². The number of nitrogens with one attached hydrogen (secondary N) is 1. The predicted octanol–water partition coefficient (Wildman–Crippen LogP) is 4.99. The van der Waals surface area contributed by atoms with Gasteiger partial charge in [0.05, 0.1) is 18.4 Å². The van der Waals surface area contributed by atoms with Crippen LogP contribution in [0.4, 0.5) is 20.2 Å². The van der Waals surface area contributed by atoms with Crippen LogP contribution in [0, 0.1) is 25.5 Å². The van der Waals surface area contributed by atoms with E-state index in [9.17, 15) is 18.4 Å². The molecule has 2 amide bonds. The summed E-state index contributed by atoms with van der Waals surface area (Å²) in [6.07, 6.45) is 0. The van der Waals surface area contributed by atoms with Crippen molar-refractivity contribution in [2.24, 2.45) is 0 Å². The lowest BCUT2D eigenvalue weighted by atomic mass is 9.99. The van der Waals surface area contributed by atoms with Gasteiger partial charge in [0, 0.05) is 17.8 Å². The van der Waals surface area contributed by atoms with E-state index >= 15 is 0 Å². The zero-order valence-corrected chi connectivity index (χ0v) is 17.7. The zero-order chi connectivity index (χ0) is 23.0. The molecular formula is C25H20F2N2O3. The van der Waals surface area contributed by atoms with Gasteiger partial charge in [0.2, 0.25) is 0 Å². The highest BCUT2D eigenvalue weighted by Crippen LogP contribution is 2.35. The smallest absolute Gasteiger partial charge is 0.282 e. The molecule has 0 fully saturated rings. The topological polar surface area (TPSA) is 58.6 Å². The van der Waals surface area contributed by atoms with E-state index in [2.05, 4.69) is 5.32 Å². The first-order chi connectivity index (χ1) is 15.3. The van der Waals surface area contributed by atoms with Crippen LogP contribution in [-0.4, -0.2) is 18.9 Å². The summed E-state index contributed by atoms with van der Waals surface area (Å²) in [5.74, 6) is -2.95. The lowest BCUT2D eigenvalue weighted by Gasteiger charge is -2.16. The second-order valence-electron chi connectivity index (χ2n) is 7.45. The molecule has 162 valence electrons. The molecule has 3 aromatic rings. The van der Waals surface area contributed by atoms with Crippen molar-refractivity contribution in [1.29, 1.82) is 0 Å². The van der Waals surface area contributed by atoms with E-state index in [4.69, 9.17) is 4.74 Å². The highest BCUT2D eigenvalue weighted by molar-refractivity contribution is 6.46. The normalized spacial score (nSPS) is 13.7. The third-order valence-corrected chi connectivity index (χ3v) is 5.38. The minimum absolute atomic E-state index is 0.0382. The van der Waals surface area contributed by atoms with Crippen molar-refractivity contribution in [3.05, 3.63) is 94.7 Å². The van der Waals surface area contributed by atoms with Gasteiger partial charge in [-0.1, -0.05) is 24.3 Å². The Morgan fingerprint density at radius 3 is 2.31 bits per heavy atom. The van der Waals surface area contributed by atoms with Gasteiger partial charge in [-0.15, -0.1) is 0 Å². The lowest BCUT2D eigenvalue weighted by Crippen LogP contribution is -2.32. The van der Waals surface area contributed by atoms with Crippen LogP contribution in [0.3, 0.4) is 0 Å². The molecule has 5 nitrogen and oxygen atoms in total. The number of amides is 2. The second kappa shape index (κ2) is 8.26. The molecule has 0 unspecified atom stereocenters. The largest absolute Gasteiger partial charge is 0.497 e. The van der Waals surface area contributed by atoms with Crippen LogP contribution >= 0.6 is 0 Å². The third kappa shape index (κ3) is 3.73. The Morgan fingerprint density at radius 1 is 0.844 bits per heavy atom. The minimum atomic E-state index is -1.15. The van der Waals surface area contributed by atoms with Gasteiger partial charge in [0.1, 0.15) is 11.4 Å². The van der Waals surface area contributed by atoms with E-state index in [0.717, 1.165) is 28.2 Å². The number of carbonyl (C=O) groups excluding carboxylic acids is 2. The number of nitrogens with zero attached hydrogens (tertiary/aromatic N) is 1. The first-order valence-corrected chi connectivity index (χ1v) is 9.87. The van der Waals surface area contributed by atoms with Crippen LogP contribution in [0.5, 0.6) is 5.75 Å². The standard InChI is InChI=1S/C25H20F2N2O3/c1-14-7-8-16(11-15(14)2)22-23(28-17-5-4-6-19(12-17)32-3)25(31)29(24(22)30)18-9-10-20(26)21(27)13-18/h4-13,28H,1-3H3. The summed E-state index contributed by atoms with van der Waals surface area (Å²) in [4.78, 5) is 27.6. The average Bonchev–Trinajstić information content (AvgIpc) is 3.02. The molecule has 7 heteroatoms.